The second-order valence-corrected chi connectivity index (χ2v) is 15.2. The molecule has 0 amide bonds. The summed E-state index contributed by atoms with van der Waals surface area (Å²) in [5, 5.41) is 0. The highest BCUT2D eigenvalue weighted by atomic mass is 19.1. The Kier molecular flexibility index (Phi) is 14.0. The molecular weight excluding hydrogens is 768 g/mol. The monoisotopic (exact) mass is 816 g/mol. The van der Waals surface area contributed by atoms with Crippen molar-refractivity contribution in [3.63, 3.8) is 0 Å². The minimum Gasteiger partial charge on any atom is -0.465 e. The van der Waals surface area contributed by atoms with E-state index in [9.17, 15) is 4.79 Å². The molecule has 5 aromatic rings. The summed E-state index contributed by atoms with van der Waals surface area (Å²) in [5.41, 5.74) is 7.96. The Labute approximate surface area is 356 Å². The zero-order chi connectivity index (χ0) is 41.8. The number of rotatable bonds is 17. The number of esters is 1. The van der Waals surface area contributed by atoms with Crippen LogP contribution in [0, 0.1) is 5.82 Å². The van der Waals surface area contributed by atoms with E-state index in [1.54, 1.807) is 6.07 Å². The molecular formula is C53H49FO7. The summed E-state index contributed by atoms with van der Waals surface area (Å²) < 4.78 is 55.9. The molecule has 3 aliphatic rings. The molecule has 5 aromatic carbocycles. The van der Waals surface area contributed by atoms with Crippen molar-refractivity contribution in [3.05, 3.63) is 226 Å². The van der Waals surface area contributed by atoms with E-state index in [1.807, 2.05) is 164 Å². The van der Waals surface area contributed by atoms with E-state index in [4.69, 9.17) is 28.4 Å². The first-order valence-electron chi connectivity index (χ1n) is 20.6. The second kappa shape index (κ2) is 20.5. The topological polar surface area (TPSA) is 72.5 Å². The van der Waals surface area contributed by atoms with Crippen LogP contribution in [0.15, 0.2) is 176 Å². The lowest BCUT2D eigenvalue weighted by atomic mass is 9.89. The molecule has 1 aliphatic heterocycles. The molecule has 8 rings (SSSR count). The van der Waals surface area contributed by atoms with E-state index in [0.717, 1.165) is 44.5 Å². The normalized spacial score (nSPS) is 18.8. The molecule has 1 fully saturated rings. The number of ether oxygens (including phenoxy) is 6. The average molecular weight is 817 g/mol. The highest BCUT2D eigenvalue weighted by molar-refractivity contribution is 6.01. The number of methoxy groups -OCH3 is 1. The van der Waals surface area contributed by atoms with Crippen molar-refractivity contribution >= 4 is 5.97 Å². The number of hydrogen-bond donors (Lipinski definition) is 0. The van der Waals surface area contributed by atoms with Crippen LogP contribution >= 0.6 is 0 Å². The number of carbonyl (C=O) groups is 1. The van der Waals surface area contributed by atoms with Crippen molar-refractivity contribution in [2.24, 2.45) is 0 Å². The SMILES string of the molecule is COC(=O)c1c(Cc2ccc(F)c([C@@H]3O[C@H](COCc4ccccc4)[C@@H](OCc4ccccc4)[C@H](OCc4ccccc4)[C@H]3OCc3ccccc3)c2)cc2cccccc1-2. The van der Waals surface area contributed by atoms with Crippen molar-refractivity contribution < 1.29 is 37.6 Å². The first kappa shape index (κ1) is 41.7. The maximum absolute atomic E-state index is 16.6. The van der Waals surface area contributed by atoms with Gasteiger partial charge >= 0.3 is 5.97 Å². The smallest absolute Gasteiger partial charge is 0.338 e. The van der Waals surface area contributed by atoms with Crippen LogP contribution < -0.4 is 0 Å². The van der Waals surface area contributed by atoms with Gasteiger partial charge in [0.05, 0.1) is 45.7 Å². The van der Waals surface area contributed by atoms with E-state index in [1.165, 1.54) is 13.2 Å². The molecule has 310 valence electrons. The van der Waals surface area contributed by atoms with Crippen LogP contribution in [0.3, 0.4) is 0 Å². The largest absolute Gasteiger partial charge is 0.465 e. The molecule has 0 aromatic heterocycles. The maximum atomic E-state index is 16.6. The minimum absolute atomic E-state index is 0.142. The van der Waals surface area contributed by atoms with Gasteiger partial charge in [0.15, 0.2) is 0 Å². The van der Waals surface area contributed by atoms with Crippen LogP contribution in [-0.4, -0.2) is 44.1 Å². The number of carbonyl (C=O) groups excluding carboxylic acids is 1. The van der Waals surface area contributed by atoms with E-state index in [-0.39, 0.29) is 26.4 Å². The Morgan fingerprint density at radius 1 is 0.557 bits per heavy atom. The first-order valence-corrected chi connectivity index (χ1v) is 20.6. The van der Waals surface area contributed by atoms with Gasteiger partial charge in [0.2, 0.25) is 0 Å². The summed E-state index contributed by atoms with van der Waals surface area (Å²) in [7, 11) is 1.38. The van der Waals surface area contributed by atoms with Gasteiger partial charge in [-0.15, -0.1) is 0 Å². The molecule has 0 N–H and O–H groups in total. The van der Waals surface area contributed by atoms with Crippen molar-refractivity contribution in [1.82, 2.24) is 0 Å². The van der Waals surface area contributed by atoms with Gasteiger partial charge in [0.25, 0.3) is 0 Å². The third kappa shape index (κ3) is 10.5. The fourth-order valence-electron chi connectivity index (χ4n) is 8.01. The molecule has 0 saturated carbocycles. The van der Waals surface area contributed by atoms with Crippen molar-refractivity contribution in [1.29, 1.82) is 0 Å². The van der Waals surface area contributed by atoms with Crippen molar-refractivity contribution in [2.75, 3.05) is 13.7 Å². The van der Waals surface area contributed by atoms with Gasteiger partial charge in [-0.1, -0.05) is 158 Å². The average Bonchev–Trinajstić information content (AvgIpc) is 3.47. The van der Waals surface area contributed by atoms with Gasteiger partial charge in [-0.05, 0) is 69.1 Å². The lowest BCUT2D eigenvalue weighted by molar-refractivity contribution is -0.275. The van der Waals surface area contributed by atoms with E-state index in [2.05, 4.69) is 0 Å². The molecule has 0 unspecified atom stereocenters. The molecule has 1 heterocycles. The van der Waals surface area contributed by atoms with E-state index >= 15 is 4.39 Å². The van der Waals surface area contributed by atoms with Crippen molar-refractivity contribution in [3.8, 4) is 11.1 Å². The van der Waals surface area contributed by atoms with Gasteiger partial charge in [-0.25, -0.2) is 9.18 Å². The number of benzene rings is 5. The summed E-state index contributed by atoms with van der Waals surface area (Å²) in [6.07, 6.45) is -3.52. The molecule has 61 heavy (non-hydrogen) atoms. The summed E-state index contributed by atoms with van der Waals surface area (Å²) in [6.45, 7) is 1.25. The molecule has 1 saturated heterocycles. The van der Waals surface area contributed by atoms with Crippen LogP contribution in [0.1, 0.15) is 55.4 Å². The van der Waals surface area contributed by atoms with Crippen LogP contribution in [0.4, 0.5) is 4.39 Å². The first-order chi connectivity index (χ1) is 30.0. The zero-order valence-corrected chi connectivity index (χ0v) is 34.1. The Balaban J connectivity index is 1.19. The van der Waals surface area contributed by atoms with Gasteiger partial charge in [-0.2, -0.15) is 0 Å². The summed E-state index contributed by atoms with van der Waals surface area (Å²) in [6, 6.07) is 56.3. The molecule has 7 nitrogen and oxygen atoms in total. The molecule has 2 aliphatic carbocycles. The quantitative estimate of drug-likeness (QED) is 0.0848. The van der Waals surface area contributed by atoms with Gasteiger partial charge in [-0.3, -0.25) is 0 Å². The van der Waals surface area contributed by atoms with Gasteiger partial charge in [0.1, 0.15) is 36.3 Å². The fraction of sp³-hybridized carbons (Fsp3) is 0.226. The predicted octanol–water partition coefficient (Wildman–Crippen LogP) is 10.7. The summed E-state index contributed by atoms with van der Waals surface area (Å²) in [5.74, 6) is -0.883. The Hall–Kier alpha value is -6.00. The number of halogens is 1. The lowest BCUT2D eigenvalue weighted by Gasteiger charge is -2.46. The third-order valence-electron chi connectivity index (χ3n) is 11.0. The molecule has 0 spiro atoms. The maximum Gasteiger partial charge on any atom is 0.338 e. The summed E-state index contributed by atoms with van der Waals surface area (Å²) >= 11 is 0. The standard InChI is InChI=1S/C53H49FO7/c1-56-53(55)48-43(31-42-25-15-6-16-26-44(42)48)29-41-27-28-46(54)45(30-41)49-51(59-34-39-21-11-4-12-22-39)52(60-35-40-23-13-5-14-24-40)50(58-33-38-19-9-3-10-20-38)47(61-49)36-57-32-37-17-7-2-8-18-37/h2-28,30-31,47,49-52H,29,32-36H2,1H3/t47-,49+,50-,51+,52+/m1/s1. The molecule has 0 radical (unpaired) electrons. The lowest BCUT2D eigenvalue weighted by Crippen LogP contribution is -2.58. The second-order valence-electron chi connectivity index (χ2n) is 15.2. The van der Waals surface area contributed by atoms with Crippen LogP contribution in [-0.2, 0) is 61.3 Å². The highest BCUT2D eigenvalue weighted by Gasteiger charge is 2.49. The third-order valence-corrected chi connectivity index (χ3v) is 11.0. The zero-order valence-electron chi connectivity index (χ0n) is 34.1. The van der Waals surface area contributed by atoms with E-state index < -0.39 is 42.3 Å². The van der Waals surface area contributed by atoms with Gasteiger partial charge in [0, 0.05) is 5.56 Å². The Morgan fingerprint density at radius 2 is 1.07 bits per heavy atom. The highest BCUT2D eigenvalue weighted by Crippen LogP contribution is 2.41. The van der Waals surface area contributed by atoms with Crippen LogP contribution in [0.5, 0.6) is 0 Å². The molecule has 5 atom stereocenters. The minimum atomic E-state index is -0.941. The van der Waals surface area contributed by atoms with E-state index in [0.29, 0.717) is 24.2 Å². The van der Waals surface area contributed by atoms with Crippen LogP contribution in [0.25, 0.3) is 11.1 Å². The number of hydrogen-bond acceptors (Lipinski definition) is 7. The number of fused-ring (bicyclic) bond motifs is 1. The van der Waals surface area contributed by atoms with Crippen LogP contribution in [0.2, 0.25) is 0 Å². The van der Waals surface area contributed by atoms with Gasteiger partial charge < -0.3 is 28.4 Å². The Morgan fingerprint density at radius 3 is 1.64 bits per heavy atom. The molecule has 0 bridgehead atoms. The van der Waals surface area contributed by atoms with Crippen molar-refractivity contribution in [2.45, 2.75) is 63.4 Å². The fourth-order valence-corrected chi connectivity index (χ4v) is 8.01. The predicted molar refractivity (Wildman–Crippen MR) is 232 cm³/mol. The molecule has 8 heteroatoms. The summed E-state index contributed by atoms with van der Waals surface area (Å²) in [4.78, 5) is 13.2. The Bertz CT molecular complexity index is 2410.